The number of anilines is 1. The van der Waals surface area contributed by atoms with Gasteiger partial charge < -0.3 is 5.32 Å². The fraction of sp³-hybridized carbons (Fsp3) is 0.316. The van der Waals surface area contributed by atoms with Gasteiger partial charge in [0.1, 0.15) is 0 Å². The molecule has 0 saturated heterocycles. The Balaban J connectivity index is 2.12. The van der Waals surface area contributed by atoms with Crippen molar-refractivity contribution >= 4 is 21.6 Å². The van der Waals surface area contributed by atoms with E-state index in [1.807, 2.05) is 51.1 Å². The molecule has 0 spiro atoms. The van der Waals surface area contributed by atoms with Gasteiger partial charge in [-0.3, -0.25) is 4.79 Å². The van der Waals surface area contributed by atoms with Crippen LogP contribution >= 0.6 is 0 Å². The van der Waals surface area contributed by atoms with Crippen molar-refractivity contribution in [2.75, 3.05) is 11.9 Å². The summed E-state index contributed by atoms with van der Waals surface area (Å²) < 4.78 is 27.5. The second kappa shape index (κ2) is 7.37. The van der Waals surface area contributed by atoms with Crippen LogP contribution in [0.3, 0.4) is 0 Å². The zero-order valence-corrected chi connectivity index (χ0v) is 16.0. The number of nitrogens with one attached hydrogen (secondary N) is 2. The van der Waals surface area contributed by atoms with Crippen LogP contribution in [0.1, 0.15) is 27.8 Å². The van der Waals surface area contributed by atoms with Gasteiger partial charge in [-0.1, -0.05) is 29.8 Å². The Hall–Kier alpha value is -2.18. The Morgan fingerprint density at radius 2 is 1.48 bits per heavy atom. The lowest BCUT2D eigenvalue weighted by atomic mass is 10.1. The fourth-order valence-corrected chi connectivity index (χ4v) is 4.32. The lowest BCUT2D eigenvalue weighted by molar-refractivity contribution is -0.115. The molecule has 0 atom stereocenters. The monoisotopic (exact) mass is 360 g/mol. The number of carbonyl (C=O) groups excluding carboxylic acids is 1. The minimum atomic E-state index is -3.75. The zero-order valence-electron chi connectivity index (χ0n) is 15.2. The van der Waals surface area contributed by atoms with Crippen molar-refractivity contribution in [1.29, 1.82) is 0 Å². The summed E-state index contributed by atoms with van der Waals surface area (Å²) >= 11 is 0. The van der Waals surface area contributed by atoms with Gasteiger partial charge in [-0.25, -0.2) is 13.1 Å². The molecule has 0 saturated carbocycles. The average molecular weight is 360 g/mol. The Morgan fingerprint density at radius 3 is 2.08 bits per heavy atom. The number of carbonyl (C=O) groups is 1. The average Bonchev–Trinajstić information content (AvgIpc) is 2.47. The lowest BCUT2D eigenvalue weighted by Gasteiger charge is -2.14. The highest BCUT2D eigenvalue weighted by atomic mass is 32.2. The molecule has 0 radical (unpaired) electrons. The molecule has 0 bridgehead atoms. The molecule has 2 rings (SSSR count). The van der Waals surface area contributed by atoms with Crippen LogP contribution in [-0.2, 0) is 14.8 Å². The standard InChI is InChI=1S/C19H24N2O3S/c1-12-6-7-14(3)17(10-12)21-18(22)11-20-25(23,24)19-15(4)8-13(2)9-16(19)5/h6-10,20H,11H2,1-5H3,(H,21,22). The van der Waals surface area contributed by atoms with Crippen LogP contribution in [0.4, 0.5) is 5.69 Å². The predicted octanol–water partition coefficient (Wildman–Crippen LogP) is 3.15. The Kier molecular flexibility index (Phi) is 5.65. The first kappa shape index (κ1) is 19.1. The normalized spacial score (nSPS) is 11.4. The minimum absolute atomic E-state index is 0.234. The van der Waals surface area contributed by atoms with Crippen molar-refractivity contribution < 1.29 is 13.2 Å². The highest BCUT2D eigenvalue weighted by Gasteiger charge is 2.20. The van der Waals surface area contributed by atoms with E-state index in [0.717, 1.165) is 16.7 Å². The second-order valence-electron chi connectivity index (χ2n) is 6.42. The lowest BCUT2D eigenvalue weighted by Crippen LogP contribution is -2.33. The molecular weight excluding hydrogens is 336 g/mol. The molecule has 2 aromatic rings. The van der Waals surface area contributed by atoms with Gasteiger partial charge in [-0.15, -0.1) is 0 Å². The van der Waals surface area contributed by atoms with E-state index in [2.05, 4.69) is 10.0 Å². The highest BCUT2D eigenvalue weighted by Crippen LogP contribution is 2.21. The Morgan fingerprint density at radius 1 is 0.880 bits per heavy atom. The predicted molar refractivity (Wildman–Crippen MR) is 100 cm³/mol. The van der Waals surface area contributed by atoms with Crippen LogP contribution in [0, 0.1) is 34.6 Å². The largest absolute Gasteiger partial charge is 0.325 e. The van der Waals surface area contributed by atoms with E-state index in [4.69, 9.17) is 0 Å². The van der Waals surface area contributed by atoms with Crippen molar-refractivity contribution in [3.8, 4) is 0 Å². The SMILES string of the molecule is Cc1cc(C)c(S(=O)(=O)NCC(=O)Nc2cc(C)ccc2C)c(C)c1. The maximum Gasteiger partial charge on any atom is 0.241 e. The van der Waals surface area contributed by atoms with Gasteiger partial charge in [0.2, 0.25) is 15.9 Å². The molecule has 0 aliphatic carbocycles. The first-order valence-electron chi connectivity index (χ1n) is 8.05. The third-order valence-electron chi connectivity index (χ3n) is 3.96. The molecule has 25 heavy (non-hydrogen) atoms. The topological polar surface area (TPSA) is 75.3 Å². The number of hydrogen-bond donors (Lipinski definition) is 2. The van der Waals surface area contributed by atoms with Crippen LogP contribution < -0.4 is 10.0 Å². The third kappa shape index (κ3) is 4.67. The van der Waals surface area contributed by atoms with Crippen LogP contribution in [-0.4, -0.2) is 20.9 Å². The maximum atomic E-state index is 12.6. The van der Waals surface area contributed by atoms with E-state index in [1.165, 1.54) is 0 Å². The van der Waals surface area contributed by atoms with Gasteiger partial charge in [-0.2, -0.15) is 0 Å². The maximum absolute atomic E-state index is 12.6. The van der Waals surface area contributed by atoms with Crippen LogP contribution in [0.25, 0.3) is 0 Å². The minimum Gasteiger partial charge on any atom is -0.325 e. The molecule has 0 aromatic heterocycles. The fourth-order valence-electron chi connectivity index (χ4n) is 2.89. The van der Waals surface area contributed by atoms with Crippen molar-refractivity contribution in [3.05, 3.63) is 58.1 Å². The van der Waals surface area contributed by atoms with Crippen molar-refractivity contribution in [2.45, 2.75) is 39.5 Å². The van der Waals surface area contributed by atoms with Gasteiger partial charge in [0.25, 0.3) is 0 Å². The van der Waals surface area contributed by atoms with Gasteiger partial charge in [0, 0.05) is 5.69 Å². The quantitative estimate of drug-likeness (QED) is 0.860. The number of sulfonamides is 1. The number of benzene rings is 2. The van der Waals surface area contributed by atoms with Crippen LogP contribution in [0.15, 0.2) is 35.2 Å². The molecule has 1 amide bonds. The summed E-state index contributed by atoms with van der Waals surface area (Å²) in [6.07, 6.45) is 0. The summed E-state index contributed by atoms with van der Waals surface area (Å²) in [5, 5.41) is 2.75. The highest BCUT2D eigenvalue weighted by molar-refractivity contribution is 7.89. The van der Waals surface area contributed by atoms with Crippen LogP contribution in [0.2, 0.25) is 0 Å². The smallest absolute Gasteiger partial charge is 0.241 e. The van der Waals surface area contributed by atoms with Crippen molar-refractivity contribution in [2.24, 2.45) is 0 Å². The van der Waals surface area contributed by atoms with Gasteiger partial charge >= 0.3 is 0 Å². The number of rotatable bonds is 5. The van der Waals surface area contributed by atoms with Gasteiger partial charge in [0.05, 0.1) is 11.4 Å². The number of aryl methyl sites for hydroxylation is 5. The number of hydrogen-bond acceptors (Lipinski definition) is 3. The van der Waals surface area contributed by atoms with Crippen molar-refractivity contribution in [1.82, 2.24) is 4.72 Å². The summed E-state index contributed by atoms with van der Waals surface area (Å²) in [6.45, 7) is 8.93. The Labute approximate surface area is 149 Å². The first-order valence-corrected chi connectivity index (χ1v) is 9.53. The first-order chi connectivity index (χ1) is 11.6. The molecule has 0 unspecified atom stereocenters. The summed E-state index contributed by atoms with van der Waals surface area (Å²) in [5.41, 5.74) is 4.97. The van der Waals surface area contributed by atoms with E-state index in [0.29, 0.717) is 16.8 Å². The van der Waals surface area contributed by atoms with Crippen LogP contribution in [0.5, 0.6) is 0 Å². The summed E-state index contributed by atoms with van der Waals surface area (Å²) in [5.74, 6) is -0.403. The molecule has 5 nitrogen and oxygen atoms in total. The number of amides is 1. The molecule has 0 aliphatic heterocycles. The molecule has 0 aliphatic rings. The molecule has 2 aromatic carbocycles. The van der Waals surface area contributed by atoms with Gasteiger partial charge in [-0.05, 0) is 62.9 Å². The van der Waals surface area contributed by atoms with E-state index < -0.39 is 15.9 Å². The molecular formula is C19H24N2O3S. The summed E-state index contributed by atoms with van der Waals surface area (Å²) in [6, 6.07) is 9.36. The molecule has 6 heteroatoms. The second-order valence-corrected chi connectivity index (χ2v) is 8.12. The zero-order chi connectivity index (χ0) is 18.8. The molecule has 0 fully saturated rings. The summed E-state index contributed by atoms with van der Waals surface area (Å²) in [4.78, 5) is 12.4. The molecule has 0 heterocycles. The van der Waals surface area contributed by atoms with E-state index in [-0.39, 0.29) is 11.4 Å². The third-order valence-corrected chi connectivity index (χ3v) is 5.67. The molecule has 2 N–H and O–H groups in total. The molecule has 134 valence electrons. The summed E-state index contributed by atoms with van der Waals surface area (Å²) in [7, 11) is -3.75. The van der Waals surface area contributed by atoms with E-state index >= 15 is 0 Å². The van der Waals surface area contributed by atoms with Gasteiger partial charge in [0.15, 0.2) is 0 Å². The Bertz CT molecular complexity index is 895. The van der Waals surface area contributed by atoms with E-state index in [9.17, 15) is 13.2 Å². The van der Waals surface area contributed by atoms with E-state index in [1.54, 1.807) is 13.8 Å². The van der Waals surface area contributed by atoms with Crippen molar-refractivity contribution in [3.63, 3.8) is 0 Å².